The summed E-state index contributed by atoms with van der Waals surface area (Å²) in [6.07, 6.45) is 0. The molecular formula is C11H14BrFO. The molecule has 0 bridgehead atoms. The molecule has 1 aromatic carbocycles. The van der Waals surface area contributed by atoms with E-state index in [1.165, 1.54) is 0 Å². The predicted octanol–water partition coefficient (Wildman–Crippen LogP) is 3.92. The third kappa shape index (κ3) is 2.71. The van der Waals surface area contributed by atoms with Crippen molar-refractivity contribution >= 4 is 15.9 Å². The van der Waals surface area contributed by atoms with Gasteiger partial charge in [-0.2, -0.15) is 0 Å². The molecule has 0 fully saturated rings. The number of rotatable bonds is 4. The summed E-state index contributed by atoms with van der Waals surface area (Å²) in [6.45, 7) is 4.06. The number of alkyl halides is 1. The molecule has 0 saturated heterocycles. The number of halogens is 2. The maximum absolute atomic E-state index is 12.5. The van der Waals surface area contributed by atoms with Gasteiger partial charge in [0.25, 0.3) is 0 Å². The Hall–Kier alpha value is -0.570. The van der Waals surface area contributed by atoms with Gasteiger partial charge in [-0.25, -0.2) is 0 Å². The van der Waals surface area contributed by atoms with Crippen LogP contribution in [-0.4, -0.2) is 13.3 Å². The van der Waals surface area contributed by atoms with Crippen molar-refractivity contribution in [1.29, 1.82) is 0 Å². The van der Waals surface area contributed by atoms with Crippen LogP contribution in [0.1, 0.15) is 25.3 Å². The Morgan fingerprint density at radius 1 is 1.50 bits per heavy atom. The molecule has 0 spiro atoms. The lowest BCUT2D eigenvalue weighted by Crippen LogP contribution is -1.98. The van der Waals surface area contributed by atoms with Crippen LogP contribution < -0.4 is 4.74 Å². The van der Waals surface area contributed by atoms with Crippen LogP contribution in [0.3, 0.4) is 0 Å². The van der Waals surface area contributed by atoms with E-state index < -0.39 is 0 Å². The van der Waals surface area contributed by atoms with Crippen LogP contribution in [0.2, 0.25) is 0 Å². The van der Waals surface area contributed by atoms with Gasteiger partial charge in [-0.05, 0) is 30.7 Å². The summed E-state index contributed by atoms with van der Waals surface area (Å²) >= 11 is 3.40. The van der Waals surface area contributed by atoms with E-state index in [4.69, 9.17) is 4.74 Å². The highest BCUT2D eigenvalue weighted by atomic mass is 79.9. The third-order valence-corrected chi connectivity index (χ3v) is 2.76. The molecule has 0 heterocycles. The zero-order valence-electron chi connectivity index (χ0n) is 8.39. The number of hydrogen-bond donors (Lipinski definition) is 0. The number of hydrogen-bond acceptors (Lipinski definition) is 1. The Morgan fingerprint density at radius 2 is 2.21 bits per heavy atom. The SMILES string of the molecule is CCOc1ccc(Br)c(C(C)CF)c1. The minimum Gasteiger partial charge on any atom is -0.494 e. The Kier molecular flexibility index (Phi) is 4.39. The molecule has 0 saturated carbocycles. The van der Waals surface area contributed by atoms with Crippen molar-refractivity contribution in [3.8, 4) is 5.75 Å². The molecule has 3 heteroatoms. The lowest BCUT2D eigenvalue weighted by atomic mass is 10.0. The van der Waals surface area contributed by atoms with Crippen LogP contribution in [-0.2, 0) is 0 Å². The molecule has 1 rings (SSSR count). The molecule has 0 radical (unpaired) electrons. The average Bonchev–Trinajstić information content (AvgIpc) is 2.20. The molecule has 1 nitrogen and oxygen atoms in total. The number of benzene rings is 1. The maximum atomic E-state index is 12.5. The third-order valence-electron chi connectivity index (χ3n) is 2.04. The maximum Gasteiger partial charge on any atom is 0.119 e. The molecule has 0 aliphatic rings. The molecule has 0 aromatic heterocycles. The fourth-order valence-electron chi connectivity index (χ4n) is 1.24. The molecule has 1 aromatic rings. The van der Waals surface area contributed by atoms with Crippen molar-refractivity contribution in [2.75, 3.05) is 13.3 Å². The van der Waals surface area contributed by atoms with Gasteiger partial charge < -0.3 is 4.74 Å². The van der Waals surface area contributed by atoms with Crippen molar-refractivity contribution in [3.05, 3.63) is 28.2 Å². The summed E-state index contributed by atoms with van der Waals surface area (Å²) < 4.78 is 18.8. The lowest BCUT2D eigenvalue weighted by Gasteiger charge is -2.12. The van der Waals surface area contributed by atoms with Crippen molar-refractivity contribution in [2.45, 2.75) is 19.8 Å². The van der Waals surface area contributed by atoms with Crippen molar-refractivity contribution < 1.29 is 9.13 Å². The van der Waals surface area contributed by atoms with Crippen molar-refractivity contribution in [3.63, 3.8) is 0 Å². The minimum atomic E-state index is -0.353. The first kappa shape index (κ1) is 11.5. The molecule has 0 amide bonds. The van der Waals surface area contributed by atoms with Crippen LogP contribution >= 0.6 is 15.9 Å². The van der Waals surface area contributed by atoms with Crippen LogP contribution in [0.5, 0.6) is 5.75 Å². The molecule has 1 unspecified atom stereocenters. The molecule has 1 atom stereocenters. The highest BCUT2D eigenvalue weighted by Gasteiger charge is 2.10. The molecule has 0 N–H and O–H groups in total. The molecule has 0 aliphatic carbocycles. The van der Waals surface area contributed by atoms with E-state index in [2.05, 4.69) is 15.9 Å². The summed E-state index contributed by atoms with van der Waals surface area (Å²) in [6, 6.07) is 5.66. The lowest BCUT2D eigenvalue weighted by molar-refractivity contribution is 0.339. The second-order valence-corrected chi connectivity index (χ2v) is 4.03. The summed E-state index contributed by atoms with van der Waals surface area (Å²) in [5, 5.41) is 0. The van der Waals surface area contributed by atoms with Gasteiger partial charge in [-0.3, -0.25) is 4.39 Å². The van der Waals surface area contributed by atoms with Gasteiger partial charge in [0.15, 0.2) is 0 Å². The zero-order valence-corrected chi connectivity index (χ0v) is 9.97. The predicted molar refractivity (Wildman–Crippen MR) is 59.7 cm³/mol. The fraction of sp³-hybridized carbons (Fsp3) is 0.455. The van der Waals surface area contributed by atoms with Crippen molar-refractivity contribution in [1.82, 2.24) is 0 Å². The Bertz CT molecular complexity index is 301. The van der Waals surface area contributed by atoms with E-state index in [1.54, 1.807) is 0 Å². The van der Waals surface area contributed by atoms with Gasteiger partial charge in [-0.1, -0.05) is 22.9 Å². The van der Waals surface area contributed by atoms with Crippen LogP contribution in [0.4, 0.5) is 4.39 Å². The first-order chi connectivity index (χ1) is 6.69. The van der Waals surface area contributed by atoms with E-state index in [-0.39, 0.29) is 12.6 Å². The van der Waals surface area contributed by atoms with Gasteiger partial charge in [0.2, 0.25) is 0 Å². The first-order valence-electron chi connectivity index (χ1n) is 4.67. The van der Waals surface area contributed by atoms with Gasteiger partial charge in [0.1, 0.15) is 5.75 Å². The van der Waals surface area contributed by atoms with E-state index >= 15 is 0 Å². The van der Waals surface area contributed by atoms with Gasteiger partial charge in [-0.15, -0.1) is 0 Å². The minimum absolute atomic E-state index is 0.0928. The summed E-state index contributed by atoms with van der Waals surface area (Å²) in [5.74, 6) is 0.704. The number of ether oxygens (including phenoxy) is 1. The van der Waals surface area contributed by atoms with Crippen molar-refractivity contribution in [2.24, 2.45) is 0 Å². The smallest absolute Gasteiger partial charge is 0.119 e. The molecule has 78 valence electrons. The second-order valence-electron chi connectivity index (χ2n) is 3.17. The van der Waals surface area contributed by atoms with E-state index in [0.717, 1.165) is 15.8 Å². The van der Waals surface area contributed by atoms with Gasteiger partial charge in [0.05, 0.1) is 13.3 Å². The largest absolute Gasteiger partial charge is 0.494 e. The first-order valence-corrected chi connectivity index (χ1v) is 5.46. The van der Waals surface area contributed by atoms with E-state index in [0.29, 0.717) is 6.61 Å². The Balaban J connectivity index is 2.95. The summed E-state index contributed by atoms with van der Waals surface area (Å²) in [5.41, 5.74) is 0.957. The topological polar surface area (TPSA) is 9.23 Å². The van der Waals surface area contributed by atoms with Gasteiger partial charge in [0, 0.05) is 10.4 Å². The highest BCUT2D eigenvalue weighted by Crippen LogP contribution is 2.29. The fourth-order valence-corrected chi connectivity index (χ4v) is 1.88. The molecule has 14 heavy (non-hydrogen) atoms. The average molecular weight is 261 g/mol. The normalized spacial score (nSPS) is 12.6. The molecular weight excluding hydrogens is 247 g/mol. The quantitative estimate of drug-likeness (QED) is 0.798. The molecule has 0 aliphatic heterocycles. The van der Waals surface area contributed by atoms with Crippen LogP contribution in [0, 0.1) is 0 Å². The zero-order chi connectivity index (χ0) is 10.6. The summed E-state index contributed by atoms with van der Waals surface area (Å²) in [4.78, 5) is 0. The van der Waals surface area contributed by atoms with Crippen LogP contribution in [0.25, 0.3) is 0 Å². The van der Waals surface area contributed by atoms with Crippen LogP contribution in [0.15, 0.2) is 22.7 Å². The van der Waals surface area contributed by atoms with E-state index in [9.17, 15) is 4.39 Å². The Labute approximate surface area is 92.4 Å². The second kappa shape index (κ2) is 5.35. The highest BCUT2D eigenvalue weighted by molar-refractivity contribution is 9.10. The summed E-state index contributed by atoms with van der Waals surface area (Å²) in [7, 11) is 0. The van der Waals surface area contributed by atoms with E-state index in [1.807, 2.05) is 32.0 Å². The van der Waals surface area contributed by atoms with Gasteiger partial charge >= 0.3 is 0 Å². The monoisotopic (exact) mass is 260 g/mol. The standard InChI is InChI=1S/C11H14BrFO/c1-3-14-9-4-5-11(12)10(6-9)8(2)7-13/h4-6,8H,3,7H2,1-2H3. The Morgan fingerprint density at radius 3 is 2.79 bits per heavy atom.